The average molecular weight is 374 g/mol. The number of hydrogen-bond acceptors (Lipinski definition) is 7. The Bertz CT molecular complexity index is 498. The highest BCUT2D eigenvalue weighted by atomic mass is 32.2. The van der Waals surface area contributed by atoms with Gasteiger partial charge in [0.05, 0.1) is 26.9 Å². The maximum absolute atomic E-state index is 12.3. The van der Waals surface area contributed by atoms with Crippen LogP contribution in [0.2, 0.25) is 0 Å². The summed E-state index contributed by atoms with van der Waals surface area (Å²) in [7, 11) is -6.50. The van der Waals surface area contributed by atoms with E-state index in [1.165, 1.54) is 7.11 Å². The SMILES string of the molecule is CCOP(=NS(=O)(=O)NC(C(=O)OC)C(C)C)(OCC)OCC. The lowest BCUT2D eigenvalue weighted by molar-refractivity contribution is -0.143. The van der Waals surface area contributed by atoms with E-state index < -0.39 is 30.0 Å². The minimum absolute atomic E-state index is 0.164. The van der Waals surface area contributed by atoms with Crippen LogP contribution < -0.4 is 4.72 Å². The number of methoxy groups -OCH3 is 1. The highest BCUT2D eigenvalue weighted by molar-refractivity contribution is 7.91. The molecule has 0 aliphatic heterocycles. The molecule has 11 heteroatoms. The Morgan fingerprint density at radius 3 is 1.83 bits per heavy atom. The topological polar surface area (TPSA) is 113 Å². The molecule has 0 aliphatic carbocycles. The second-order valence-corrected chi connectivity index (χ2v) is 8.19. The van der Waals surface area contributed by atoms with Gasteiger partial charge < -0.3 is 18.3 Å². The Morgan fingerprint density at radius 1 is 1.09 bits per heavy atom. The zero-order valence-corrected chi connectivity index (χ0v) is 16.1. The van der Waals surface area contributed by atoms with Crippen molar-refractivity contribution in [2.75, 3.05) is 26.9 Å². The molecule has 0 saturated heterocycles. The van der Waals surface area contributed by atoms with Gasteiger partial charge in [-0.3, -0.25) is 4.79 Å². The highest BCUT2D eigenvalue weighted by Gasteiger charge is 2.32. The Balaban J connectivity index is 5.68. The van der Waals surface area contributed by atoms with Crippen molar-refractivity contribution >= 4 is 23.9 Å². The third-order valence-electron chi connectivity index (χ3n) is 2.48. The van der Waals surface area contributed by atoms with E-state index in [1.807, 2.05) is 0 Å². The second kappa shape index (κ2) is 10.4. The molecule has 0 rings (SSSR count). The first-order valence-electron chi connectivity index (χ1n) is 7.34. The average Bonchev–Trinajstić information content (AvgIpc) is 2.44. The smallest absolute Gasteiger partial charge is 0.372 e. The number of esters is 1. The maximum Gasteiger partial charge on any atom is 0.372 e. The summed E-state index contributed by atoms with van der Waals surface area (Å²) in [6.45, 7) is 8.88. The molecule has 0 amide bonds. The minimum atomic E-state index is -4.26. The first-order chi connectivity index (χ1) is 10.7. The standard InChI is InChI=1S/C12H27N2O7PS/c1-7-19-22(20-8-2,21-9-3)14-23(16,17)13-11(10(4)5)12(15)18-6/h10-11,13H,7-9H2,1-6H3. The van der Waals surface area contributed by atoms with Crippen LogP contribution >= 0.6 is 7.74 Å². The summed E-state index contributed by atoms with van der Waals surface area (Å²) >= 11 is 0. The summed E-state index contributed by atoms with van der Waals surface area (Å²) in [5.74, 6) is -1.03. The van der Waals surface area contributed by atoms with Gasteiger partial charge >= 0.3 is 23.9 Å². The minimum Gasteiger partial charge on any atom is -0.468 e. The van der Waals surface area contributed by atoms with Crippen LogP contribution in [0.15, 0.2) is 4.15 Å². The molecule has 138 valence electrons. The van der Waals surface area contributed by atoms with Crippen LogP contribution in [0.3, 0.4) is 0 Å². The lowest BCUT2D eigenvalue weighted by Gasteiger charge is -2.23. The van der Waals surface area contributed by atoms with Gasteiger partial charge in [-0.25, -0.2) is 0 Å². The van der Waals surface area contributed by atoms with Gasteiger partial charge in [0.1, 0.15) is 6.04 Å². The van der Waals surface area contributed by atoms with E-state index in [0.717, 1.165) is 0 Å². The summed E-state index contributed by atoms with van der Waals surface area (Å²) in [6, 6.07) is -1.07. The first-order valence-corrected chi connectivity index (χ1v) is 10.3. The fraction of sp³-hybridized carbons (Fsp3) is 0.917. The van der Waals surface area contributed by atoms with Gasteiger partial charge in [-0.2, -0.15) is 13.1 Å². The monoisotopic (exact) mass is 374 g/mol. The molecular formula is C12H27N2O7PS. The van der Waals surface area contributed by atoms with Gasteiger partial charge in [0.2, 0.25) is 0 Å². The van der Waals surface area contributed by atoms with Crippen molar-refractivity contribution in [3.05, 3.63) is 0 Å². The van der Waals surface area contributed by atoms with Gasteiger partial charge in [0, 0.05) is 0 Å². The summed E-state index contributed by atoms with van der Waals surface area (Å²) in [4.78, 5) is 11.7. The van der Waals surface area contributed by atoms with Crippen LogP contribution in [0.25, 0.3) is 0 Å². The number of nitrogens with one attached hydrogen (secondary N) is 1. The number of nitrogens with zero attached hydrogens (tertiary/aromatic N) is 1. The Morgan fingerprint density at radius 2 is 1.52 bits per heavy atom. The molecule has 1 N–H and O–H groups in total. The van der Waals surface area contributed by atoms with Crippen molar-refractivity contribution in [2.24, 2.45) is 10.1 Å². The van der Waals surface area contributed by atoms with E-state index >= 15 is 0 Å². The van der Waals surface area contributed by atoms with Crippen molar-refractivity contribution < 1.29 is 31.5 Å². The van der Waals surface area contributed by atoms with E-state index in [0.29, 0.717) is 0 Å². The summed E-state index contributed by atoms with van der Waals surface area (Å²) in [5, 5.41) is 0. The second-order valence-electron chi connectivity index (χ2n) is 4.64. The normalized spacial score (nSPS) is 13.9. The molecule has 1 atom stereocenters. The molecule has 0 spiro atoms. The molecule has 0 heterocycles. The largest absolute Gasteiger partial charge is 0.468 e. The Hall–Kier alpha value is -0.510. The van der Waals surface area contributed by atoms with Crippen LogP contribution in [-0.2, 0) is 33.3 Å². The molecule has 0 radical (unpaired) electrons. The lowest BCUT2D eigenvalue weighted by Crippen LogP contribution is -2.44. The number of carbonyl (C=O) groups is 1. The van der Waals surface area contributed by atoms with Crippen LogP contribution in [0, 0.1) is 5.92 Å². The van der Waals surface area contributed by atoms with Crippen LogP contribution in [0.5, 0.6) is 0 Å². The van der Waals surface area contributed by atoms with E-state index in [-0.39, 0.29) is 25.7 Å². The van der Waals surface area contributed by atoms with Gasteiger partial charge in [-0.1, -0.05) is 18.0 Å². The molecule has 0 aromatic carbocycles. The van der Waals surface area contributed by atoms with Crippen molar-refractivity contribution in [2.45, 2.75) is 40.7 Å². The van der Waals surface area contributed by atoms with E-state index in [2.05, 4.69) is 13.6 Å². The van der Waals surface area contributed by atoms with E-state index in [1.54, 1.807) is 34.6 Å². The van der Waals surface area contributed by atoms with Crippen LogP contribution in [-0.4, -0.2) is 47.4 Å². The fourth-order valence-corrected chi connectivity index (χ4v) is 5.27. The van der Waals surface area contributed by atoms with Crippen molar-refractivity contribution in [1.29, 1.82) is 0 Å². The van der Waals surface area contributed by atoms with E-state index in [4.69, 9.17) is 13.6 Å². The third kappa shape index (κ3) is 7.73. The number of hydrogen-bond donors (Lipinski definition) is 1. The van der Waals surface area contributed by atoms with Crippen molar-refractivity contribution in [3.63, 3.8) is 0 Å². The molecule has 0 aliphatic rings. The predicted octanol–water partition coefficient (Wildman–Crippen LogP) is 2.07. The quantitative estimate of drug-likeness (QED) is 0.435. The predicted molar refractivity (Wildman–Crippen MR) is 86.9 cm³/mol. The highest BCUT2D eigenvalue weighted by Crippen LogP contribution is 2.53. The van der Waals surface area contributed by atoms with Gasteiger partial charge in [-0.15, -0.1) is 0 Å². The van der Waals surface area contributed by atoms with Crippen molar-refractivity contribution in [3.8, 4) is 0 Å². The third-order valence-corrected chi connectivity index (χ3v) is 6.45. The maximum atomic E-state index is 12.3. The van der Waals surface area contributed by atoms with Crippen molar-refractivity contribution in [1.82, 2.24) is 4.72 Å². The molecule has 23 heavy (non-hydrogen) atoms. The molecule has 9 nitrogen and oxygen atoms in total. The Labute approximate surface area is 138 Å². The molecule has 0 aromatic heterocycles. The number of carbonyl (C=O) groups excluding carboxylic acids is 1. The molecule has 1 unspecified atom stereocenters. The van der Waals surface area contributed by atoms with E-state index in [9.17, 15) is 13.2 Å². The zero-order chi connectivity index (χ0) is 18.1. The summed E-state index contributed by atoms with van der Waals surface area (Å²) in [5.41, 5.74) is 0. The number of ether oxygens (including phenoxy) is 1. The fourth-order valence-electron chi connectivity index (χ4n) is 1.57. The van der Waals surface area contributed by atoms with Gasteiger partial charge in [0.15, 0.2) is 0 Å². The van der Waals surface area contributed by atoms with Crippen LogP contribution in [0.1, 0.15) is 34.6 Å². The lowest BCUT2D eigenvalue weighted by atomic mass is 10.1. The molecule has 0 aromatic rings. The molecule has 0 fully saturated rings. The van der Waals surface area contributed by atoms with Gasteiger partial charge in [-0.05, 0) is 26.7 Å². The summed E-state index contributed by atoms with van der Waals surface area (Å²) in [6.07, 6.45) is 0. The first kappa shape index (κ1) is 22.5. The van der Waals surface area contributed by atoms with Gasteiger partial charge in [0.25, 0.3) is 0 Å². The number of rotatable bonds is 11. The Kier molecular flexibility index (Phi) is 10.1. The van der Waals surface area contributed by atoms with Crippen LogP contribution in [0.4, 0.5) is 0 Å². The zero-order valence-electron chi connectivity index (χ0n) is 14.4. The molecule has 0 bridgehead atoms. The molecular weight excluding hydrogens is 347 g/mol. The summed E-state index contributed by atoms with van der Waals surface area (Å²) < 4.78 is 51.1. The molecule has 0 saturated carbocycles.